The number of halogens is 1. The minimum Gasteiger partial charge on any atom is -0.324 e. The lowest BCUT2D eigenvalue weighted by Gasteiger charge is -2.30. The maximum atomic E-state index is 13.2. The molecule has 2 unspecified atom stereocenters. The summed E-state index contributed by atoms with van der Waals surface area (Å²) in [7, 11) is 0. The molecule has 2 heteroatoms. The molecule has 17 heavy (non-hydrogen) atoms. The van der Waals surface area contributed by atoms with E-state index in [1.54, 1.807) is 12.1 Å². The monoisotopic (exact) mass is 237 g/mol. The minimum absolute atomic E-state index is 0.0834. The van der Waals surface area contributed by atoms with Crippen molar-refractivity contribution in [1.29, 1.82) is 0 Å². The van der Waals surface area contributed by atoms with Crippen LogP contribution >= 0.6 is 0 Å². The van der Waals surface area contributed by atoms with Gasteiger partial charge in [0.2, 0.25) is 0 Å². The molecule has 0 saturated heterocycles. The number of nitrogens with two attached hydrogens (primary N) is 1. The van der Waals surface area contributed by atoms with Gasteiger partial charge in [-0.1, -0.05) is 33.8 Å². The number of aryl methyl sites for hydroxylation is 1. The van der Waals surface area contributed by atoms with Gasteiger partial charge in [0.05, 0.1) is 0 Å². The molecule has 1 aromatic rings. The molecule has 2 atom stereocenters. The van der Waals surface area contributed by atoms with Crippen LogP contribution in [0.25, 0.3) is 0 Å². The van der Waals surface area contributed by atoms with Crippen LogP contribution in [0.5, 0.6) is 0 Å². The number of rotatable bonds is 3. The summed E-state index contributed by atoms with van der Waals surface area (Å²) < 4.78 is 13.2. The van der Waals surface area contributed by atoms with Gasteiger partial charge in [0.25, 0.3) is 0 Å². The second-order valence-corrected chi connectivity index (χ2v) is 6.11. The third kappa shape index (κ3) is 3.81. The first-order valence-corrected chi connectivity index (χ1v) is 6.23. The van der Waals surface area contributed by atoms with E-state index in [4.69, 9.17) is 5.73 Å². The van der Waals surface area contributed by atoms with Crippen LogP contribution in [0.2, 0.25) is 0 Å². The highest BCUT2D eigenvalue weighted by molar-refractivity contribution is 5.29. The summed E-state index contributed by atoms with van der Waals surface area (Å²) in [5, 5.41) is 0. The zero-order valence-electron chi connectivity index (χ0n) is 11.5. The summed E-state index contributed by atoms with van der Waals surface area (Å²) >= 11 is 0. The van der Waals surface area contributed by atoms with Gasteiger partial charge in [-0.2, -0.15) is 0 Å². The van der Waals surface area contributed by atoms with Crippen LogP contribution in [0.1, 0.15) is 51.3 Å². The first kappa shape index (κ1) is 14.2. The zero-order valence-corrected chi connectivity index (χ0v) is 11.5. The third-order valence-corrected chi connectivity index (χ3v) is 3.73. The van der Waals surface area contributed by atoms with E-state index in [0.29, 0.717) is 5.92 Å². The Bertz CT molecular complexity index is 379. The van der Waals surface area contributed by atoms with Crippen LogP contribution < -0.4 is 5.73 Å². The van der Waals surface area contributed by atoms with E-state index in [9.17, 15) is 4.39 Å². The Morgan fingerprint density at radius 1 is 1.29 bits per heavy atom. The fraction of sp³-hybridized carbons (Fsp3) is 0.600. The van der Waals surface area contributed by atoms with Crippen LogP contribution in [-0.4, -0.2) is 0 Å². The summed E-state index contributed by atoms with van der Waals surface area (Å²) in [4.78, 5) is 0. The van der Waals surface area contributed by atoms with Gasteiger partial charge in [0, 0.05) is 6.04 Å². The van der Waals surface area contributed by atoms with Gasteiger partial charge in [0.15, 0.2) is 0 Å². The molecule has 0 heterocycles. The van der Waals surface area contributed by atoms with Crippen LogP contribution in [0.3, 0.4) is 0 Å². The Balaban J connectivity index is 2.83. The predicted octanol–water partition coefficient (Wildman–Crippen LogP) is 4.21. The van der Waals surface area contributed by atoms with E-state index in [1.165, 1.54) is 6.07 Å². The predicted molar refractivity (Wildman–Crippen MR) is 71.3 cm³/mol. The molecule has 0 aliphatic heterocycles. The normalized spacial score (nSPS) is 15.7. The molecule has 96 valence electrons. The van der Waals surface area contributed by atoms with Crippen LogP contribution in [-0.2, 0) is 0 Å². The Morgan fingerprint density at radius 2 is 1.88 bits per heavy atom. The molecule has 1 nitrogen and oxygen atoms in total. The van der Waals surface area contributed by atoms with Crippen LogP contribution in [0.15, 0.2) is 18.2 Å². The molecule has 0 aliphatic rings. The molecule has 0 aliphatic carbocycles. The van der Waals surface area contributed by atoms with E-state index in [1.807, 2.05) is 6.92 Å². The van der Waals surface area contributed by atoms with Crippen molar-refractivity contribution >= 4 is 0 Å². The summed E-state index contributed by atoms with van der Waals surface area (Å²) in [5.41, 5.74) is 8.43. The van der Waals surface area contributed by atoms with E-state index in [-0.39, 0.29) is 17.3 Å². The molecule has 0 aromatic heterocycles. The number of hydrogen-bond acceptors (Lipinski definition) is 1. The van der Waals surface area contributed by atoms with Gasteiger partial charge < -0.3 is 5.73 Å². The van der Waals surface area contributed by atoms with Crippen molar-refractivity contribution in [3.63, 3.8) is 0 Å². The molecule has 0 radical (unpaired) electrons. The second-order valence-electron chi connectivity index (χ2n) is 6.11. The lowest BCUT2D eigenvalue weighted by atomic mass is 9.77. The van der Waals surface area contributed by atoms with Crippen LogP contribution in [0, 0.1) is 24.1 Å². The average Bonchev–Trinajstić information content (AvgIpc) is 2.20. The molecular weight excluding hydrogens is 213 g/mol. The minimum atomic E-state index is -0.204. The molecule has 0 saturated carbocycles. The smallest absolute Gasteiger partial charge is 0.123 e. The molecule has 0 amide bonds. The molecule has 1 rings (SSSR count). The van der Waals surface area contributed by atoms with E-state index < -0.39 is 0 Å². The highest BCUT2D eigenvalue weighted by Crippen LogP contribution is 2.33. The lowest BCUT2D eigenvalue weighted by Crippen LogP contribution is -2.23. The highest BCUT2D eigenvalue weighted by atomic mass is 19.1. The topological polar surface area (TPSA) is 26.0 Å². The largest absolute Gasteiger partial charge is 0.324 e. The number of hydrogen-bond donors (Lipinski definition) is 1. The van der Waals surface area contributed by atoms with E-state index >= 15 is 0 Å². The molecule has 0 bridgehead atoms. The standard InChI is InChI=1S/C15H24FN/c1-10-6-7-12(16)9-13(10)14(17)8-11(2)15(3,4)5/h6-7,9,11,14H,8,17H2,1-5H3. The van der Waals surface area contributed by atoms with Crippen LogP contribution in [0.4, 0.5) is 4.39 Å². The molecule has 0 spiro atoms. The first-order valence-electron chi connectivity index (χ1n) is 6.23. The maximum absolute atomic E-state index is 13.2. The molecule has 0 fully saturated rings. The lowest BCUT2D eigenvalue weighted by molar-refractivity contribution is 0.233. The average molecular weight is 237 g/mol. The quantitative estimate of drug-likeness (QED) is 0.837. The van der Waals surface area contributed by atoms with E-state index in [2.05, 4.69) is 27.7 Å². The molecular formula is C15H24FN. The second kappa shape index (κ2) is 5.18. The summed E-state index contributed by atoms with van der Waals surface area (Å²) in [5.74, 6) is 0.296. The molecule has 1 aromatic carbocycles. The Labute approximate surface area is 104 Å². The van der Waals surface area contributed by atoms with Gasteiger partial charge in [-0.3, -0.25) is 0 Å². The fourth-order valence-corrected chi connectivity index (χ4v) is 1.87. The van der Waals surface area contributed by atoms with Gasteiger partial charge in [0.1, 0.15) is 5.82 Å². The first-order chi connectivity index (χ1) is 7.71. The van der Waals surface area contributed by atoms with Crippen molar-refractivity contribution in [2.75, 3.05) is 0 Å². The van der Waals surface area contributed by atoms with Crippen molar-refractivity contribution in [2.45, 2.75) is 47.1 Å². The Morgan fingerprint density at radius 3 is 2.41 bits per heavy atom. The Kier molecular flexibility index (Phi) is 4.31. The summed E-state index contributed by atoms with van der Waals surface area (Å²) in [6.45, 7) is 10.8. The third-order valence-electron chi connectivity index (χ3n) is 3.73. The zero-order chi connectivity index (χ0) is 13.2. The van der Waals surface area contributed by atoms with Crippen molar-refractivity contribution < 1.29 is 4.39 Å². The van der Waals surface area contributed by atoms with E-state index in [0.717, 1.165) is 17.5 Å². The summed E-state index contributed by atoms with van der Waals surface area (Å²) in [6.07, 6.45) is 0.883. The van der Waals surface area contributed by atoms with Crippen molar-refractivity contribution in [3.05, 3.63) is 35.1 Å². The fourth-order valence-electron chi connectivity index (χ4n) is 1.87. The maximum Gasteiger partial charge on any atom is 0.123 e. The van der Waals surface area contributed by atoms with Gasteiger partial charge in [-0.25, -0.2) is 4.39 Å². The number of benzene rings is 1. The SMILES string of the molecule is Cc1ccc(F)cc1C(N)CC(C)C(C)(C)C. The molecule has 2 N–H and O–H groups in total. The van der Waals surface area contributed by atoms with Crippen molar-refractivity contribution in [1.82, 2.24) is 0 Å². The van der Waals surface area contributed by atoms with Gasteiger partial charge in [-0.15, -0.1) is 0 Å². The van der Waals surface area contributed by atoms with Gasteiger partial charge >= 0.3 is 0 Å². The Hall–Kier alpha value is -0.890. The van der Waals surface area contributed by atoms with Gasteiger partial charge in [-0.05, 0) is 47.9 Å². The van der Waals surface area contributed by atoms with Crippen molar-refractivity contribution in [2.24, 2.45) is 17.1 Å². The summed E-state index contributed by atoms with van der Waals surface area (Å²) in [6, 6.07) is 4.76. The van der Waals surface area contributed by atoms with Crippen molar-refractivity contribution in [3.8, 4) is 0 Å². The highest BCUT2D eigenvalue weighted by Gasteiger charge is 2.23.